The van der Waals surface area contributed by atoms with Gasteiger partial charge in [-0.05, 0) is 19.1 Å². The van der Waals surface area contributed by atoms with Crippen molar-refractivity contribution in [3.05, 3.63) is 41.3 Å². The minimum Gasteiger partial charge on any atom is -0.280 e. The number of halogens is 1. The van der Waals surface area contributed by atoms with E-state index in [1.807, 2.05) is 36.7 Å². The molecule has 3 aromatic rings. The first-order valence-corrected chi connectivity index (χ1v) is 7.17. The molecule has 0 N–H and O–H groups in total. The van der Waals surface area contributed by atoms with Crippen LogP contribution in [0.3, 0.4) is 0 Å². The molecular weight excluding hydrogens is 286 g/mol. The number of para-hydroxylation sites is 1. The molecule has 0 unspecified atom stereocenters. The SMILES string of the molecule is Cc1nn(C)c2c1nc(CCCl)n2-c1ccccc1C#N. The molecule has 2 heterocycles. The van der Waals surface area contributed by atoms with Crippen LogP contribution in [0, 0.1) is 18.3 Å². The summed E-state index contributed by atoms with van der Waals surface area (Å²) in [6, 6.07) is 9.72. The number of alkyl halides is 1. The van der Waals surface area contributed by atoms with Crippen LogP contribution in [0.15, 0.2) is 24.3 Å². The molecule has 0 spiro atoms. The van der Waals surface area contributed by atoms with Crippen LogP contribution in [-0.4, -0.2) is 25.2 Å². The van der Waals surface area contributed by atoms with Gasteiger partial charge in [0.15, 0.2) is 5.65 Å². The highest BCUT2D eigenvalue weighted by atomic mass is 35.5. The Labute approximate surface area is 127 Å². The third-order valence-corrected chi connectivity index (χ3v) is 3.64. The van der Waals surface area contributed by atoms with Gasteiger partial charge < -0.3 is 0 Å². The molecule has 0 aliphatic heterocycles. The Morgan fingerprint density at radius 3 is 2.81 bits per heavy atom. The second kappa shape index (κ2) is 5.23. The lowest BCUT2D eigenvalue weighted by Crippen LogP contribution is -2.07. The van der Waals surface area contributed by atoms with Crippen LogP contribution in [0.1, 0.15) is 17.1 Å². The van der Waals surface area contributed by atoms with Gasteiger partial charge in [0, 0.05) is 19.3 Å². The second-order valence-corrected chi connectivity index (χ2v) is 5.19. The Bertz CT molecular complexity index is 853. The predicted molar refractivity (Wildman–Crippen MR) is 81.7 cm³/mol. The lowest BCUT2D eigenvalue weighted by molar-refractivity contribution is 0.750. The van der Waals surface area contributed by atoms with Gasteiger partial charge in [-0.25, -0.2) is 9.67 Å². The summed E-state index contributed by atoms with van der Waals surface area (Å²) in [7, 11) is 1.88. The zero-order valence-corrected chi connectivity index (χ0v) is 12.6. The monoisotopic (exact) mass is 299 g/mol. The summed E-state index contributed by atoms with van der Waals surface area (Å²) in [6.07, 6.45) is 0.634. The molecule has 2 aromatic heterocycles. The highest BCUT2D eigenvalue weighted by Crippen LogP contribution is 2.25. The molecule has 0 aliphatic rings. The minimum absolute atomic E-state index is 0.477. The van der Waals surface area contributed by atoms with Gasteiger partial charge in [-0.2, -0.15) is 10.4 Å². The Balaban J connectivity index is 2.39. The molecule has 106 valence electrons. The van der Waals surface area contributed by atoms with Crippen LogP contribution < -0.4 is 0 Å². The molecule has 6 heteroatoms. The Hall–Kier alpha value is -2.32. The Morgan fingerprint density at radius 1 is 1.33 bits per heavy atom. The van der Waals surface area contributed by atoms with Gasteiger partial charge in [-0.3, -0.25) is 4.57 Å². The van der Waals surface area contributed by atoms with Crippen LogP contribution in [0.25, 0.3) is 16.9 Å². The van der Waals surface area contributed by atoms with Crippen LogP contribution in [0.5, 0.6) is 0 Å². The van der Waals surface area contributed by atoms with Gasteiger partial charge in [0.2, 0.25) is 0 Å². The summed E-state index contributed by atoms with van der Waals surface area (Å²) in [5.74, 6) is 1.32. The van der Waals surface area contributed by atoms with Crippen molar-refractivity contribution < 1.29 is 0 Å². The van der Waals surface area contributed by atoms with Gasteiger partial charge in [0.1, 0.15) is 17.4 Å². The number of hydrogen-bond donors (Lipinski definition) is 0. The van der Waals surface area contributed by atoms with Crippen molar-refractivity contribution in [2.45, 2.75) is 13.3 Å². The van der Waals surface area contributed by atoms with Gasteiger partial charge in [0.05, 0.1) is 16.9 Å². The van der Waals surface area contributed by atoms with Crippen LogP contribution in [0.2, 0.25) is 0 Å². The number of rotatable bonds is 3. The number of hydrogen-bond acceptors (Lipinski definition) is 3. The summed E-state index contributed by atoms with van der Waals surface area (Å²) in [5, 5.41) is 13.8. The average Bonchev–Trinajstić information content (AvgIpc) is 2.98. The van der Waals surface area contributed by atoms with Crippen molar-refractivity contribution >= 4 is 22.8 Å². The van der Waals surface area contributed by atoms with E-state index in [1.165, 1.54) is 0 Å². The topological polar surface area (TPSA) is 59.4 Å². The largest absolute Gasteiger partial charge is 0.280 e. The number of aryl methyl sites for hydroxylation is 3. The van der Waals surface area contributed by atoms with Crippen LogP contribution >= 0.6 is 11.6 Å². The highest BCUT2D eigenvalue weighted by Gasteiger charge is 2.19. The average molecular weight is 300 g/mol. The predicted octanol–water partition coefficient (Wildman–Crippen LogP) is 2.72. The molecule has 21 heavy (non-hydrogen) atoms. The Morgan fingerprint density at radius 2 is 2.10 bits per heavy atom. The van der Waals surface area contributed by atoms with Crippen molar-refractivity contribution in [3.63, 3.8) is 0 Å². The summed E-state index contributed by atoms with van der Waals surface area (Å²) >= 11 is 5.90. The fourth-order valence-electron chi connectivity index (χ4n) is 2.59. The zero-order valence-electron chi connectivity index (χ0n) is 11.8. The molecule has 5 nitrogen and oxygen atoms in total. The number of imidazole rings is 1. The number of benzene rings is 1. The third kappa shape index (κ3) is 2.08. The smallest absolute Gasteiger partial charge is 0.163 e. The molecule has 3 rings (SSSR count). The van der Waals surface area contributed by atoms with Gasteiger partial charge in [0.25, 0.3) is 0 Å². The van der Waals surface area contributed by atoms with E-state index in [0.29, 0.717) is 17.9 Å². The molecule has 0 saturated carbocycles. The maximum absolute atomic E-state index is 9.35. The minimum atomic E-state index is 0.477. The summed E-state index contributed by atoms with van der Waals surface area (Å²) in [4.78, 5) is 4.66. The molecule has 0 bridgehead atoms. The van der Waals surface area contributed by atoms with Crippen molar-refractivity contribution in [1.82, 2.24) is 19.3 Å². The molecule has 0 saturated heterocycles. The summed E-state index contributed by atoms with van der Waals surface area (Å²) < 4.78 is 3.78. The van der Waals surface area contributed by atoms with E-state index in [0.717, 1.165) is 28.4 Å². The molecule has 0 aliphatic carbocycles. The van der Waals surface area contributed by atoms with Crippen molar-refractivity contribution in [2.24, 2.45) is 7.05 Å². The first-order valence-electron chi connectivity index (χ1n) is 6.63. The normalized spacial score (nSPS) is 11.0. The highest BCUT2D eigenvalue weighted by molar-refractivity contribution is 6.17. The van der Waals surface area contributed by atoms with Crippen LogP contribution in [0.4, 0.5) is 0 Å². The second-order valence-electron chi connectivity index (χ2n) is 4.81. The zero-order chi connectivity index (χ0) is 15.0. The van der Waals surface area contributed by atoms with Gasteiger partial charge >= 0.3 is 0 Å². The molecule has 0 radical (unpaired) electrons. The maximum atomic E-state index is 9.35. The standard InChI is InChI=1S/C15H14ClN5/c1-10-14-15(20(2)19-10)21(13(18-14)7-8-16)12-6-4-3-5-11(12)9-17/h3-6H,7-8H2,1-2H3. The molecular formula is C15H14ClN5. The van der Waals surface area contributed by atoms with Crippen molar-refractivity contribution in [2.75, 3.05) is 5.88 Å². The van der Waals surface area contributed by atoms with E-state index >= 15 is 0 Å². The molecule has 1 aromatic carbocycles. The van der Waals surface area contributed by atoms with Gasteiger partial charge in [-0.15, -0.1) is 11.6 Å². The summed E-state index contributed by atoms with van der Waals surface area (Å²) in [5.41, 5.74) is 4.02. The van der Waals surface area contributed by atoms with E-state index in [1.54, 1.807) is 10.7 Å². The fraction of sp³-hybridized carbons (Fsp3) is 0.267. The first-order chi connectivity index (χ1) is 10.2. The van der Waals surface area contributed by atoms with E-state index in [2.05, 4.69) is 16.2 Å². The van der Waals surface area contributed by atoms with E-state index < -0.39 is 0 Å². The number of fused-ring (bicyclic) bond motifs is 1. The number of nitriles is 1. The lowest BCUT2D eigenvalue weighted by Gasteiger charge is -2.10. The van der Waals surface area contributed by atoms with Crippen molar-refractivity contribution in [1.29, 1.82) is 5.26 Å². The first kappa shape index (κ1) is 13.7. The Kier molecular flexibility index (Phi) is 3.40. The lowest BCUT2D eigenvalue weighted by atomic mass is 10.2. The van der Waals surface area contributed by atoms with E-state index in [9.17, 15) is 5.26 Å². The molecule has 0 atom stereocenters. The third-order valence-electron chi connectivity index (χ3n) is 3.46. The maximum Gasteiger partial charge on any atom is 0.163 e. The van der Waals surface area contributed by atoms with Crippen molar-refractivity contribution in [3.8, 4) is 11.8 Å². The van der Waals surface area contributed by atoms with Gasteiger partial charge in [-0.1, -0.05) is 12.1 Å². The molecule has 0 fully saturated rings. The molecule has 0 amide bonds. The van der Waals surface area contributed by atoms with Crippen LogP contribution in [-0.2, 0) is 13.5 Å². The fourth-order valence-corrected chi connectivity index (χ4v) is 2.76. The van der Waals surface area contributed by atoms with E-state index in [4.69, 9.17) is 11.6 Å². The number of nitrogens with zero attached hydrogens (tertiary/aromatic N) is 5. The summed E-state index contributed by atoms with van der Waals surface area (Å²) in [6.45, 7) is 1.93. The number of aromatic nitrogens is 4. The quantitative estimate of drug-likeness (QED) is 0.699. The van der Waals surface area contributed by atoms with E-state index in [-0.39, 0.29) is 0 Å².